The lowest BCUT2D eigenvalue weighted by Crippen LogP contribution is -2.43. The van der Waals surface area contributed by atoms with Gasteiger partial charge in [0.05, 0.1) is 13.0 Å². The van der Waals surface area contributed by atoms with Gasteiger partial charge < -0.3 is 23.9 Å². The Kier molecular flexibility index (Phi) is 9.45. The van der Waals surface area contributed by atoms with E-state index in [1.165, 1.54) is 6.07 Å². The van der Waals surface area contributed by atoms with E-state index < -0.39 is 11.8 Å². The first-order valence-corrected chi connectivity index (χ1v) is 16.7. The van der Waals surface area contributed by atoms with E-state index in [-0.39, 0.29) is 12.5 Å². The highest BCUT2D eigenvalue weighted by atomic mass is 19.1. The van der Waals surface area contributed by atoms with Crippen LogP contribution in [0.4, 0.5) is 10.4 Å². The van der Waals surface area contributed by atoms with E-state index in [1.807, 2.05) is 33.8 Å². The molecule has 2 fully saturated rings. The van der Waals surface area contributed by atoms with Gasteiger partial charge in [0.25, 0.3) is 0 Å². The van der Waals surface area contributed by atoms with Gasteiger partial charge in [-0.1, -0.05) is 12.0 Å². The zero-order valence-electron chi connectivity index (χ0n) is 27.6. The summed E-state index contributed by atoms with van der Waals surface area (Å²) in [5.41, 5.74) is 6.46. The number of aliphatic carboxylic acids is 1. The number of fused-ring (bicyclic) bond motifs is 1. The molecule has 9 nitrogen and oxygen atoms in total. The summed E-state index contributed by atoms with van der Waals surface area (Å²) >= 11 is 0. The topological polar surface area (TPSA) is 111 Å². The average Bonchev–Trinajstić information content (AvgIpc) is 3.53. The largest absolute Gasteiger partial charge is 0.490 e. The predicted octanol–water partition coefficient (Wildman–Crippen LogP) is 7.13. The lowest BCUT2D eigenvalue weighted by Gasteiger charge is -2.40. The number of carboxylic acids is 1. The number of hydrogen-bond acceptors (Lipinski definition) is 8. The molecule has 0 aliphatic carbocycles. The Morgan fingerprint density at radius 3 is 2.61 bits per heavy atom. The number of ether oxygens (including phenoxy) is 2. The summed E-state index contributed by atoms with van der Waals surface area (Å²) in [5, 5.41) is 18.9. The summed E-state index contributed by atoms with van der Waals surface area (Å²) in [4.78, 5) is 19.1. The maximum Gasteiger partial charge on any atom is 0.318 e. The van der Waals surface area contributed by atoms with Crippen LogP contribution in [0.5, 0.6) is 5.75 Å². The number of hydrogen-bond donors (Lipinski definition) is 1. The first kappa shape index (κ1) is 32.2. The molecule has 1 aromatic carbocycles. The minimum atomic E-state index is -0.976. The van der Waals surface area contributed by atoms with Crippen LogP contribution in [-0.4, -0.2) is 58.7 Å². The van der Waals surface area contributed by atoms with Crippen molar-refractivity contribution in [2.75, 3.05) is 31.3 Å². The standard InChI is InChI=1S/C36H45FN4O5/c1-6-24(35-39-40-36(46-35)41-12-9-26(16-20(41)2)25-10-14-44-15-11-25)17-29-22(4)38-23(5)30(19-32(42)43)33(29)28-18-31(37)34-27(21(28)3)8-7-13-45-34/h17-18,20,25-26H,6-16,19H2,1-5H3,(H,42,43). The van der Waals surface area contributed by atoms with Gasteiger partial charge in [-0.25, -0.2) is 4.39 Å². The van der Waals surface area contributed by atoms with E-state index in [4.69, 9.17) is 18.9 Å². The molecule has 2 unspecified atom stereocenters. The van der Waals surface area contributed by atoms with Crippen molar-refractivity contribution in [3.63, 3.8) is 0 Å². The van der Waals surface area contributed by atoms with Gasteiger partial charge >= 0.3 is 12.0 Å². The van der Waals surface area contributed by atoms with Gasteiger partial charge in [0.15, 0.2) is 11.6 Å². The number of nitrogens with zero attached hydrogens (tertiary/aromatic N) is 4. The molecular weight excluding hydrogens is 587 g/mol. The number of anilines is 1. The molecule has 46 heavy (non-hydrogen) atoms. The number of piperidine rings is 1. The van der Waals surface area contributed by atoms with E-state index in [0.29, 0.717) is 71.1 Å². The quantitative estimate of drug-likeness (QED) is 0.277. The van der Waals surface area contributed by atoms with Crippen LogP contribution in [0.1, 0.15) is 91.9 Å². The Morgan fingerprint density at radius 2 is 1.89 bits per heavy atom. The summed E-state index contributed by atoms with van der Waals surface area (Å²) in [7, 11) is 0. The molecule has 6 rings (SSSR count). The van der Waals surface area contributed by atoms with Crippen molar-refractivity contribution >= 4 is 23.6 Å². The minimum Gasteiger partial charge on any atom is -0.490 e. The molecule has 0 amide bonds. The van der Waals surface area contributed by atoms with Crippen LogP contribution < -0.4 is 9.64 Å². The maximum atomic E-state index is 15.5. The molecule has 0 radical (unpaired) electrons. The molecule has 3 aromatic rings. The molecule has 246 valence electrons. The van der Waals surface area contributed by atoms with E-state index in [9.17, 15) is 9.90 Å². The molecule has 1 N–H and O–H groups in total. The Labute approximate surface area is 270 Å². The summed E-state index contributed by atoms with van der Waals surface area (Å²) in [6.45, 7) is 13.0. The van der Waals surface area contributed by atoms with Crippen LogP contribution in [-0.2, 0) is 22.4 Å². The second kappa shape index (κ2) is 13.5. The lowest BCUT2D eigenvalue weighted by atomic mass is 9.78. The number of allylic oxidation sites excluding steroid dienone is 1. The molecule has 10 heteroatoms. The third-order valence-corrected chi connectivity index (χ3v) is 10.3. The minimum absolute atomic E-state index is 0.238. The molecular formula is C36H45FN4O5. The van der Waals surface area contributed by atoms with Crippen molar-refractivity contribution in [1.82, 2.24) is 15.2 Å². The van der Waals surface area contributed by atoms with Crippen molar-refractivity contribution in [3.8, 4) is 16.9 Å². The third kappa shape index (κ3) is 6.28. The summed E-state index contributed by atoms with van der Waals surface area (Å²) in [6.07, 6.45) is 8.28. The Morgan fingerprint density at radius 1 is 1.11 bits per heavy atom. The van der Waals surface area contributed by atoms with Crippen molar-refractivity contribution in [3.05, 3.63) is 51.4 Å². The molecule has 2 aromatic heterocycles. The first-order chi connectivity index (χ1) is 22.2. The number of pyridine rings is 1. The molecule has 5 heterocycles. The number of aryl methyl sites for hydroxylation is 2. The Bertz CT molecular complexity index is 1640. The van der Waals surface area contributed by atoms with Crippen LogP contribution in [0.3, 0.4) is 0 Å². The molecule has 0 bridgehead atoms. The zero-order chi connectivity index (χ0) is 32.5. The SMILES string of the molecule is CCC(=Cc1c(C)nc(C)c(CC(=O)O)c1-c1cc(F)c2c(c1C)CCCO2)c1nnc(N2CCC(C3CCOCC3)CC2C)o1. The summed E-state index contributed by atoms with van der Waals surface area (Å²) in [6, 6.07) is 2.28. The third-order valence-electron chi connectivity index (χ3n) is 10.3. The van der Waals surface area contributed by atoms with Crippen molar-refractivity contribution in [1.29, 1.82) is 0 Å². The van der Waals surface area contributed by atoms with Gasteiger partial charge in [-0.05, 0) is 119 Å². The summed E-state index contributed by atoms with van der Waals surface area (Å²) < 4.78 is 33.2. The summed E-state index contributed by atoms with van der Waals surface area (Å²) in [5.74, 6) is 0.705. The van der Waals surface area contributed by atoms with Gasteiger partial charge in [-0.2, -0.15) is 0 Å². The number of rotatable bonds is 8. The fourth-order valence-corrected chi connectivity index (χ4v) is 7.73. The molecule has 3 aliphatic heterocycles. The molecule has 0 spiro atoms. The smallest absolute Gasteiger partial charge is 0.318 e. The van der Waals surface area contributed by atoms with Crippen LogP contribution in [0.25, 0.3) is 22.8 Å². The van der Waals surface area contributed by atoms with Crippen LogP contribution in [0.15, 0.2) is 10.5 Å². The number of halogens is 1. The van der Waals surface area contributed by atoms with E-state index in [2.05, 4.69) is 22.0 Å². The van der Waals surface area contributed by atoms with Crippen molar-refractivity contribution in [2.24, 2.45) is 11.8 Å². The van der Waals surface area contributed by atoms with Gasteiger partial charge in [0, 0.05) is 53.9 Å². The number of aromatic nitrogens is 3. The van der Waals surface area contributed by atoms with Crippen molar-refractivity contribution in [2.45, 2.75) is 92.0 Å². The average molecular weight is 633 g/mol. The first-order valence-electron chi connectivity index (χ1n) is 16.7. The highest BCUT2D eigenvalue weighted by Crippen LogP contribution is 2.42. The second-order valence-corrected chi connectivity index (χ2v) is 13.1. The normalized spacial score (nSPS) is 20.8. The lowest BCUT2D eigenvalue weighted by molar-refractivity contribution is -0.136. The van der Waals surface area contributed by atoms with Crippen LogP contribution in [0, 0.1) is 38.4 Å². The van der Waals surface area contributed by atoms with Gasteiger partial charge in [0.2, 0.25) is 5.89 Å². The maximum absolute atomic E-state index is 15.5. The Balaban J connectivity index is 1.38. The van der Waals surface area contributed by atoms with Gasteiger partial charge in [0.1, 0.15) is 0 Å². The predicted molar refractivity (Wildman–Crippen MR) is 175 cm³/mol. The van der Waals surface area contributed by atoms with E-state index in [0.717, 1.165) is 80.0 Å². The van der Waals surface area contributed by atoms with E-state index >= 15 is 4.39 Å². The van der Waals surface area contributed by atoms with Gasteiger partial charge in [-0.3, -0.25) is 9.78 Å². The van der Waals surface area contributed by atoms with Crippen LogP contribution >= 0.6 is 0 Å². The number of carbonyl (C=O) groups is 1. The monoisotopic (exact) mass is 632 g/mol. The fraction of sp³-hybridized carbons (Fsp3) is 0.556. The molecule has 3 aliphatic rings. The van der Waals surface area contributed by atoms with Gasteiger partial charge in [-0.15, -0.1) is 5.10 Å². The Hall–Kier alpha value is -3.79. The molecule has 2 atom stereocenters. The second-order valence-electron chi connectivity index (χ2n) is 13.1. The highest BCUT2D eigenvalue weighted by Gasteiger charge is 2.34. The van der Waals surface area contributed by atoms with E-state index in [1.54, 1.807) is 0 Å². The number of carboxylic acid groups (broad SMARTS) is 1. The highest BCUT2D eigenvalue weighted by molar-refractivity contribution is 5.90. The molecule has 0 saturated carbocycles. The fourth-order valence-electron chi connectivity index (χ4n) is 7.73. The zero-order valence-corrected chi connectivity index (χ0v) is 27.6. The van der Waals surface area contributed by atoms with Crippen molar-refractivity contribution < 1.29 is 28.2 Å². The number of benzene rings is 1. The molecule has 2 saturated heterocycles. The van der Waals surface area contributed by atoms with Crippen LogP contribution in [0.2, 0.25) is 0 Å².